The number of nitrogens with one attached hydrogen (secondary N) is 3. The third-order valence-electron chi connectivity index (χ3n) is 3.45. The minimum Gasteiger partial charge on any atom is -0.335 e. The van der Waals surface area contributed by atoms with Crippen molar-refractivity contribution in [3.05, 3.63) is 28.5 Å². The van der Waals surface area contributed by atoms with Crippen molar-refractivity contribution in [3.63, 3.8) is 0 Å². The quantitative estimate of drug-likeness (QED) is 0.497. The third kappa shape index (κ3) is 2.75. The molecule has 116 valence electrons. The SMILES string of the molecule is Clc1cc(CCCc2nnn[nH]2)c2nc(-c3nnn[nH]3)[nH]c2c1. The van der Waals surface area contributed by atoms with E-state index in [-0.39, 0.29) is 0 Å². The molecule has 10 nitrogen and oxygen atoms in total. The Bertz CT molecular complexity index is 911. The number of aromatic amines is 3. The number of tetrazole rings is 2. The predicted molar refractivity (Wildman–Crippen MR) is 80.5 cm³/mol. The van der Waals surface area contributed by atoms with Gasteiger partial charge in [-0.05, 0) is 51.4 Å². The van der Waals surface area contributed by atoms with E-state index in [1.807, 2.05) is 12.1 Å². The molecular weight excluding hydrogens is 320 g/mol. The molecule has 4 rings (SSSR count). The molecule has 0 bridgehead atoms. The fourth-order valence-corrected chi connectivity index (χ4v) is 2.68. The summed E-state index contributed by atoms with van der Waals surface area (Å²) in [5.74, 6) is 1.82. The van der Waals surface area contributed by atoms with Gasteiger partial charge in [0.15, 0.2) is 5.82 Å². The van der Waals surface area contributed by atoms with E-state index in [9.17, 15) is 0 Å². The molecule has 1 aromatic carbocycles. The second-order valence-electron chi connectivity index (χ2n) is 5.00. The molecule has 3 N–H and O–H groups in total. The van der Waals surface area contributed by atoms with Crippen LogP contribution in [0.15, 0.2) is 12.1 Å². The Morgan fingerprint density at radius 2 is 1.83 bits per heavy atom. The number of fused-ring (bicyclic) bond motifs is 1. The Labute approximate surface area is 134 Å². The van der Waals surface area contributed by atoms with Gasteiger partial charge in [-0.25, -0.2) is 15.2 Å². The molecule has 11 heteroatoms. The Morgan fingerprint density at radius 1 is 0.957 bits per heavy atom. The Morgan fingerprint density at radius 3 is 2.61 bits per heavy atom. The smallest absolute Gasteiger partial charge is 0.215 e. The van der Waals surface area contributed by atoms with Gasteiger partial charge in [-0.1, -0.05) is 11.6 Å². The maximum absolute atomic E-state index is 6.20. The van der Waals surface area contributed by atoms with Crippen molar-refractivity contribution in [2.45, 2.75) is 19.3 Å². The summed E-state index contributed by atoms with van der Waals surface area (Å²) in [5, 5.41) is 28.1. The predicted octanol–water partition coefficient (Wildman–Crippen LogP) is 1.08. The van der Waals surface area contributed by atoms with E-state index in [0.29, 0.717) is 16.7 Å². The van der Waals surface area contributed by atoms with Crippen LogP contribution >= 0.6 is 11.6 Å². The first-order chi connectivity index (χ1) is 11.3. The van der Waals surface area contributed by atoms with Gasteiger partial charge in [0.2, 0.25) is 5.82 Å². The van der Waals surface area contributed by atoms with Crippen LogP contribution < -0.4 is 0 Å². The van der Waals surface area contributed by atoms with Crippen LogP contribution in [0.1, 0.15) is 17.8 Å². The summed E-state index contributed by atoms with van der Waals surface area (Å²) in [5.41, 5.74) is 2.76. The van der Waals surface area contributed by atoms with Gasteiger partial charge in [0.05, 0.1) is 11.0 Å². The lowest BCUT2D eigenvalue weighted by Gasteiger charge is -2.02. The molecule has 0 saturated heterocycles. The number of rotatable bonds is 5. The van der Waals surface area contributed by atoms with E-state index < -0.39 is 0 Å². The van der Waals surface area contributed by atoms with Crippen LogP contribution in [0.4, 0.5) is 0 Å². The van der Waals surface area contributed by atoms with Crippen LogP contribution in [0.3, 0.4) is 0 Å². The highest BCUT2D eigenvalue weighted by Gasteiger charge is 2.13. The third-order valence-corrected chi connectivity index (χ3v) is 3.67. The molecule has 3 heterocycles. The maximum atomic E-state index is 6.20. The van der Waals surface area contributed by atoms with Gasteiger partial charge in [0, 0.05) is 11.4 Å². The first-order valence-corrected chi connectivity index (χ1v) is 7.32. The number of hydrogen-bond acceptors (Lipinski definition) is 7. The number of imidazole rings is 1. The van der Waals surface area contributed by atoms with Crippen molar-refractivity contribution >= 4 is 22.6 Å². The van der Waals surface area contributed by atoms with Gasteiger partial charge in [0.1, 0.15) is 5.82 Å². The summed E-state index contributed by atoms with van der Waals surface area (Å²) in [6.45, 7) is 0. The average Bonchev–Trinajstić information content (AvgIpc) is 3.28. The number of nitrogens with zero attached hydrogens (tertiary/aromatic N) is 7. The van der Waals surface area contributed by atoms with Crippen LogP contribution in [-0.4, -0.2) is 51.2 Å². The second kappa shape index (κ2) is 5.72. The highest BCUT2D eigenvalue weighted by molar-refractivity contribution is 6.31. The van der Waals surface area contributed by atoms with E-state index in [1.165, 1.54) is 0 Å². The lowest BCUT2D eigenvalue weighted by molar-refractivity contribution is 0.775. The molecular formula is C12H11ClN10. The fraction of sp³-hybridized carbons (Fsp3) is 0.250. The number of benzene rings is 1. The highest BCUT2D eigenvalue weighted by atomic mass is 35.5. The van der Waals surface area contributed by atoms with Crippen molar-refractivity contribution in [1.29, 1.82) is 0 Å². The molecule has 0 saturated carbocycles. The molecule has 0 aliphatic heterocycles. The van der Waals surface area contributed by atoms with Crippen LogP contribution in [0.2, 0.25) is 5.02 Å². The normalized spacial score (nSPS) is 11.3. The monoisotopic (exact) mass is 330 g/mol. The first-order valence-electron chi connectivity index (χ1n) is 6.94. The van der Waals surface area contributed by atoms with Gasteiger partial charge in [-0.15, -0.1) is 10.2 Å². The minimum absolute atomic E-state index is 0.482. The van der Waals surface area contributed by atoms with E-state index in [0.717, 1.165) is 41.7 Å². The average molecular weight is 331 g/mol. The molecule has 0 unspecified atom stereocenters. The molecule has 0 spiro atoms. The number of halogens is 1. The Balaban J connectivity index is 1.62. The van der Waals surface area contributed by atoms with Crippen molar-refractivity contribution in [2.24, 2.45) is 0 Å². The topological polar surface area (TPSA) is 138 Å². The van der Waals surface area contributed by atoms with Crippen LogP contribution in [0.5, 0.6) is 0 Å². The second-order valence-corrected chi connectivity index (χ2v) is 5.43. The first kappa shape index (κ1) is 13.8. The van der Waals surface area contributed by atoms with Gasteiger partial charge in [-0.2, -0.15) is 0 Å². The zero-order valence-electron chi connectivity index (χ0n) is 11.8. The van der Waals surface area contributed by atoms with Crippen molar-refractivity contribution < 1.29 is 0 Å². The van der Waals surface area contributed by atoms with Crippen molar-refractivity contribution in [1.82, 2.24) is 51.2 Å². The summed E-state index contributed by atoms with van der Waals surface area (Å²) in [6.07, 6.45) is 2.43. The maximum Gasteiger partial charge on any atom is 0.215 e. The van der Waals surface area contributed by atoms with E-state index in [4.69, 9.17) is 11.6 Å². The summed E-state index contributed by atoms with van der Waals surface area (Å²) in [6, 6.07) is 3.76. The molecule has 0 atom stereocenters. The highest BCUT2D eigenvalue weighted by Crippen LogP contribution is 2.25. The number of aromatic nitrogens is 10. The van der Waals surface area contributed by atoms with Crippen LogP contribution in [-0.2, 0) is 12.8 Å². The molecule has 3 aromatic heterocycles. The van der Waals surface area contributed by atoms with Gasteiger partial charge in [0.25, 0.3) is 0 Å². The minimum atomic E-state index is 0.482. The Hall–Kier alpha value is -2.88. The van der Waals surface area contributed by atoms with E-state index in [2.05, 4.69) is 51.2 Å². The van der Waals surface area contributed by atoms with Crippen LogP contribution in [0.25, 0.3) is 22.7 Å². The standard InChI is InChI=1S/C12H11ClN10/c13-7-4-6(2-1-3-9-16-20-21-17-9)10-8(5-7)14-11(15-10)12-18-22-23-19-12/h4-5H,1-3H2,(H,14,15)(H,16,17,20,21)(H,18,19,22,23). The largest absolute Gasteiger partial charge is 0.335 e. The number of hydrogen-bond donors (Lipinski definition) is 3. The molecule has 4 aromatic rings. The lowest BCUT2D eigenvalue weighted by Crippen LogP contribution is -1.94. The summed E-state index contributed by atoms with van der Waals surface area (Å²) in [4.78, 5) is 7.75. The number of aryl methyl sites for hydroxylation is 2. The van der Waals surface area contributed by atoms with E-state index in [1.54, 1.807) is 0 Å². The summed E-state index contributed by atoms with van der Waals surface area (Å²) in [7, 11) is 0. The zero-order chi connectivity index (χ0) is 15.6. The summed E-state index contributed by atoms with van der Waals surface area (Å²) < 4.78 is 0. The van der Waals surface area contributed by atoms with Gasteiger partial charge in [-0.3, -0.25) is 0 Å². The lowest BCUT2D eigenvalue weighted by atomic mass is 10.1. The van der Waals surface area contributed by atoms with Crippen molar-refractivity contribution in [3.8, 4) is 11.6 Å². The van der Waals surface area contributed by atoms with Gasteiger partial charge < -0.3 is 4.98 Å². The van der Waals surface area contributed by atoms with E-state index >= 15 is 0 Å². The van der Waals surface area contributed by atoms with Gasteiger partial charge >= 0.3 is 0 Å². The van der Waals surface area contributed by atoms with Crippen LogP contribution in [0, 0.1) is 0 Å². The summed E-state index contributed by atoms with van der Waals surface area (Å²) >= 11 is 6.20. The molecule has 0 aliphatic rings. The fourth-order valence-electron chi connectivity index (χ4n) is 2.44. The Kier molecular flexibility index (Phi) is 3.42. The van der Waals surface area contributed by atoms with Crippen molar-refractivity contribution in [2.75, 3.05) is 0 Å². The molecule has 0 radical (unpaired) electrons. The zero-order valence-corrected chi connectivity index (χ0v) is 12.5. The molecule has 0 amide bonds. The number of H-pyrrole nitrogens is 3. The molecule has 0 aliphatic carbocycles. The molecule has 0 fully saturated rings. The molecule has 23 heavy (non-hydrogen) atoms.